The van der Waals surface area contributed by atoms with Crippen LogP contribution < -0.4 is 4.74 Å². The third kappa shape index (κ3) is 1.45. The highest BCUT2D eigenvalue weighted by atomic mass is 16.5. The van der Waals surface area contributed by atoms with Gasteiger partial charge in [-0.05, 0) is 30.7 Å². The molecule has 3 heteroatoms. The molecule has 0 N–H and O–H groups in total. The zero-order chi connectivity index (χ0) is 10.1. The summed E-state index contributed by atoms with van der Waals surface area (Å²) in [7, 11) is 1.38. The summed E-state index contributed by atoms with van der Waals surface area (Å²) in [6.45, 7) is 2.01. The van der Waals surface area contributed by atoms with Gasteiger partial charge >= 0.3 is 5.97 Å². The lowest BCUT2D eigenvalue weighted by Gasteiger charge is -2.02. The summed E-state index contributed by atoms with van der Waals surface area (Å²) in [5.41, 5.74) is 1.67. The van der Waals surface area contributed by atoms with E-state index in [9.17, 15) is 4.79 Å². The van der Waals surface area contributed by atoms with Gasteiger partial charge in [-0.25, -0.2) is 4.79 Å². The standard InChI is InChI=1S/C11H12O3/c1-7-5-9-6-8(11(12)13-2)3-4-10(9)14-7/h3-4,6-7H,5H2,1-2H3/t7-/m1/s1. The van der Waals surface area contributed by atoms with E-state index in [0.717, 1.165) is 17.7 Å². The van der Waals surface area contributed by atoms with Crippen molar-refractivity contribution in [2.45, 2.75) is 19.4 Å². The summed E-state index contributed by atoms with van der Waals surface area (Å²) in [5, 5.41) is 0. The second-order valence-electron chi connectivity index (χ2n) is 3.45. The van der Waals surface area contributed by atoms with Crippen molar-refractivity contribution in [1.29, 1.82) is 0 Å². The molecule has 1 aromatic carbocycles. The molecule has 0 bridgehead atoms. The quantitative estimate of drug-likeness (QED) is 0.636. The van der Waals surface area contributed by atoms with Gasteiger partial charge in [0.25, 0.3) is 0 Å². The normalized spacial score (nSPS) is 18.6. The fourth-order valence-electron chi connectivity index (χ4n) is 1.67. The monoisotopic (exact) mass is 192 g/mol. The minimum atomic E-state index is -0.299. The van der Waals surface area contributed by atoms with Gasteiger partial charge in [0.15, 0.2) is 0 Å². The van der Waals surface area contributed by atoms with E-state index in [2.05, 4.69) is 4.74 Å². The molecule has 1 heterocycles. The Morgan fingerprint density at radius 2 is 2.36 bits per heavy atom. The zero-order valence-corrected chi connectivity index (χ0v) is 8.24. The summed E-state index contributed by atoms with van der Waals surface area (Å²) >= 11 is 0. The number of carbonyl (C=O) groups is 1. The zero-order valence-electron chi connectivity index (χ0n) is 8.24. The number of hydrogen-bond acceptors (Lipinski definition) is 3. The summed E-state index contributed by atoms with van der Waals surface area (Å²) in [4.78, 5) is 11.2. The topological polar surface area (TPSA) is 35.5 Å². The van der Waals surface area contributed by atoms with Crippen molar-refractivity contribution in [3.63, 3.8) is 0 Å². The largest absolute Gasteiger partial charge is 0.490 e. The smallest absolute Gasteiger partial charge is 0.337 e. The fourth-order valence-corrected chi connectivity index (χ4v) is 1.67. The molecule has 0 spiro atoms. The summed E-state index contributed by atoms with van der Waals surface area (Å²) in [6.07, 6.45) is 1.07. The number of methoxy groups -OCH3 is 1. The maximum absolute atomic E-state index is 11.2. The Hall–Kier alpha value is -1.51. The molecule has 0 radical (unpaired) electrons. The molecule has 14 heavy (non-hydrogen) atoms. The molecule has 74 valence electrons. The van der Waals surface area contributed by atoms with Crippen LogP contribution in [0.2, 0.25) is 0 Å². The predicted octanol–water partition coefficient (Wildman–Crippen LogP) is 1.80. The van der Waals surface area contributed by atoms with Gasteiger partial charge in [0, 0.05) is 6.42 Å². The van der Waals surface area contributed by atoms with Gasteiger partial charge in [-0.3, -0.25) is 0 Å². The number of esters is 1. The molecule has 1 aliphatic rings. The molecule has 0 aliphatic carbocycles. The van der Waals surface area contributed by atoms with Crippen molar-refractivity contribution in [1.82, 2.24) is 0 Å². The Kier molecular flexibility index (Phi) is 2.15. The molecular weight excluding hydrogens is 180 g/mol. The minimum absolute atomic E-state index is 0.206. The van der Waals surface area contributed by atoms with E-state index in [0.29, 0.717) is 5.56 Å². The average molecular weight is 192 g/mol. The van der Waals surface area contributed by atoms with E-state index in [1.165, 1.54) is 7.11 Å². The summed E-state index contributed by atoms with van der Waals surface area (Å²) in [5.74, 6) is 0.581. The Morgan fingerprint density at radius 3 is 3.07 bits per heavy atom. The van der Waals surface area contributed by atoms with Gasteiger partial charge in [0.1, 0.15) is 11.9 Å². The van der Waals surface area contributed by atoms with Crippen LogP contribution >= 0.6 is 0 Å². The van der Waals surface area contributed by atoms with Crippen molar-refractivity contribution >= 4 is 5.97 Å². The SMILES string of the molecule is COC(=O)c1ccc2c(c1)C[C@@H](C)O2. The fraction of sp³-hybridized carbons (Fsp3) is 0.364. The van der Waals surface area contributed by atoms with E-state index in [-0.39, 0.29) is 12.1 Å². The first-order valence-electron chi connectivity index (χ1n) is 4.58. The van der Waals surface area contributed by atoms with Crippen LogP contribution in [-0.4, -0.2) is 19.2 Å². The van der Waals surface area contributed by atoms with E-state index >= 15 is 0 Å². The van der Waals surface area contributed by atoms with Gasteiger partial charge in [-0.2, -0.15) is 0 Å². The molecule has 2 rings (SSSR count). The second-order valence-corrected chi connectivity index (χ2v) is 3.45. The molecule has 1 aliphatic heterocycles. The lowest BCUT2D eigenvalue weighted by Crippen LogP contribution is -2.05. The molecule has 3 nitrogen and oxygen atoms in total. The van der Waals surface area contributed by atoms with E-state index in [1.54, 1.807) is 6.07 Å². The number of rotatable bonds is 1. The predicted molar refractivity (Wildman–Crippen MR) is 51.6 cm³/mol. The van der Waals surface area contributed by atoms with Crippen molar-refractivity contribution in [2.75, 3.05) is 7.11 Å². The molecule has 1 atom stereocenters. The maximum Gasteiger partial charge on any atom is 0.337 e. The molecule has 0 saturated carbocycles. The molecule has 0 aromatic heterocycles. The highest BCUT2D eigenvalue weighted by Gasteiger charge is 2.20. The van der Waals surface area contributed by atoms with Gasteiger partial charge in [0.2, 0.25) is 0 Å². The Labute approximate surface area is 82.6 Å². The minimum Gasteiger partial charge on any atom is -0.490 e. The van der Waals surface area contributed by atoms with Crippen LogP contribution in [0, 0.1) is 0 Å². The Morgan fingerprint density at radius 1 is 1.57 bits per heavy atom. The molecule has 0 saturated heterocycles. The van der Waals surface area contributed by atoms with Crippen LogP contribution in [0.1, 0.15) is 22.8 Å². The van der Waals surface area contributed by atoms with E-state index in [1.807, 2.05) is 19.1 Å². The van der Waals surface area contributed by atoms with E-state index in [4.69, 9.17) is 4.74 Å². The van der Waals surface area contributed by atoms with E-state index < -0.39 is 0 Å². The van der Waals surface area contributed by atoms with Crippen molar-refractivity contribution in [3.8, 4) is 5.75 Å². The lowest BCUT2D eigenvalue weighted by molar-refractivity contribution is 0.0600. The highest BCUT2D eigenvalue weighted by Crippen LogP contribution is 2.29. The maximum atomic E-state index is 11.2. The first-order chi connectivity index (χ1) is 6.70. The number of fused-ring (bicyclic) bond motifs is 1. The third-order valence-electron chi connectivity index (χ3n) is 2.32. The first-order valence-corrected chi connectivity index (χ1v) is 4.58. The van der Waals surface area contributed by atoms with Gasteiger partial charge in [-0.1, -0.05) is 0 Å². The second kappa shape index (κ2) is 3.33. The van der Waals surface area contributed by atoms with Crippen molar-refractivity contribution in [3.05, 3.63) is 29.3 Å². The first kappa shape index (κ1) is 9.06. The molecule has 1 aromatic rings. The van der Waals surface area contributed by atoms with Crippen LogP contribution in [0.25, 0.3) is 0 Å². The van der Waals surface area contributed by atoms with Gasteiger partial charge in [-0.15, -0.1) is 0 Å². The molecule has 0 fully saturated rings. The van der Waals surface area contributed by atoms with Crippen molar-refractivity contribution < 1.29 is 14.3 Å². The third-order valence-corrected chi connectivity index (χ3v) is 2.32. The molecular formula is C11H12O3. The lowest BCUT2D eigenvalue weighted by atomic mass is 10.1. The number of hydrogen-bond donors (Lipinski definition) is 0. The van der Waals surface area contributed by atoms with Crippen LogP contribution in [0.4, 0.5) is 0 Å². The number of carbonyl (C=O) groups excluding carboxylic acids is 1. The van der Waals surface area contributed by atoms with Gasteiger partial charge < -0.3 is 9.47 Å². The van der Waals surface area contributed by atoms with Crippen LogP contribution in [0.15, 0.2) is 18.2 Å². The highest BCUT2D eigenvalue weighted by molar-refractivity contribution is 5.89. The summed E-state index contributed by atoms with van der Waals surface area (Å²) in [6, 6.07) is 5.39. The molecule has 0 amide bonds. The number of benzene rings is 1. The number of ether oxygens (including phenoxy) is 2. The van der Waals surface area contributed by atoms with Gasteiger partial charge in [0.05, 0.1) is 12.7 Å². The van der Waals surface area contributed by atoms with Crippen LogP contribution in [0.3, 0.4) is 0 Å². The Bertz CT molecular complexity index is 371. The summed E-state index contributed by atoms with van der Waals surface area (Å²) < 4.78 is 10.2. The molecule has 0 unspecified atom stereocenters. The Balaban J connectivity index is 2.33. The average Bonchev–Trinajstić information content (AvgIpc) is 2.55. The van der Waals surface area contributed by atoms with Crippen molar-refractivity contribution in [2.24, 2.45) is 0 Å². The van der Waals surface area contributed by atoms with Crippen LogP contribution in [0.5, 0.6) is 5.75 Å². The van der Waals surface area contributed by atoms with Crippen LogP contribution in [-0.2, 0) is 11.2 Å².